The summed E-state index contributed by atoms with van der Waals surface area (Å²) in [7, 11) is 0. The van der Waals surface area contributed by atoms with Crippen LogP contribution >= 0.6 is 0 Å². The molecule has 0 fully saturated rings. The molecule has 0 heterocycles. The highest BCUT2D eigenvalue weighted by atomic mass is 16.6. The minimum atomic E-state index is -0.780. The van der Waals surface area contributed by atoms with E-state index in [2.05, 4.69) is 57.2 Å². The van der Waals surface area contributed by atoms with Crippen molar-refractivity contribution in [1.29, 1.82) is 0 Å². The normalized spacial score (nSPS) is 12.2. The second-order valence-electron chi connectivity index (χ2n) is 21.0. The van der Waals surface area contributed by atoms with Gasteiger partial charge in [0, 0.05) is 19.3 Å². The zero-order valence-corrected chi connectivity index (χ0v) is 47.1. The third-order valence-corrected chi connectivity index (χ3v) is 13.9. The van der Waals surface area contributed by atoms with Crippen molar-refractivity contribution in [3.63, 3.8) is 0 Å². The van der Waals surface area contributed by atoms with Crippen LogP contribution in [0.1, 0.15) is 335 Å². The predicted molar refractivity (Wildman–Crippen MR) is 302 cm³/mol. The van der Waals surface area contributed by atoms with Crippen molar-refractivity contribution in [2.75, 3.05) is 13.2 Å². The number of rotatable bonds is 57. The number of carbonyl (C=O) groups excluding carboxylic acids is 3. The minimum absolute atomic E-state index is 0.0761. The molecule has 1 unspecified atom stereocenters. The van der Waals surface area contributed by atoms with Crippen LogP contribution in [0.15, 0.2) is 36.5 Å². The van der Waals surface area contributed by atoms with E-state index in [-0.39, 0.29) is 31.1 Å². The molecular weight excluding hydrogens is 865 g/mol. The third-order valence-electron chi connectivity index (χ3n) is 13.9. The fraction of sp³-hybridized carbons (Fsp3) is 0.859. The quantitative estimate of drug-likeness (QED) is 0.0261. The van der Waals surface area contributed by atoms with Crippen molar-refractivity contribution in [1.82, 2.24) is 0 Å². The maximum absolute atomic E-state index is 12.9. The van der Waals surface area contributed by atoms with Gasteiger partial charge in [-0.05, 0) is 77.0 Å². The Morgan fingerprint density at radius 3 is 0.829 bits per heavy atom. The lowest BCUT2D eigenvalue weighted by molar-refractivity contribution is -0.167. The average Bonchev–Trinajstić information content (AvgIpc) is 3.36. The lowest BCUT2D eigenvalue weighted by Crippen LogP contribution is -2.30. The number of ether oxygens (including phenoxy) is 3. The molecule has 0 spiro atoms. The van der Waals surface area contributed by atoms with Gasteiger partial charge >= 0.3 is 17.9 Å². The van der Waals surface area contributed by atoms with Crippen molar-refractivity contribution >= 4 is 17.9 Å². The van der Waals surface area contributed by atoms with Gasteiger partial charge in [0.15, 0.2) is 6.10 Å². The first-order chi connectivity index (χ1) is 34.5. The van der Waals surface area contributed by atoms with Crippen LogP contribution < -0.4 is 0 Å². The van der Waals surface area contributed by atoms with Crippen molar-refractivity contribution in [3.8, 4) is 0 Å². The number of allylic oxidation sites excluding steroid dienone is 6. The first-order valence-electron chi connectivity index (χ1n) is 31.0. The highest BCUT2D eigenvalue weighted by Gasteiger charge is 2.19. The molecule has 1 atom stereocenters. The largest absolute Gasteiger partial charge is 0.462 e. The maximum Gasteiger partial charge on any atom is 0.306 e. The van der Waals surface area contributed by atoms with Gasteiger partial charge in [0.2, 0.25) is 0 Å². The third kappa shape index (κ3) is 56.5. The summed E-state index contributed by atoms with van der Waals surface area (Å²) in [6, 6.07) is 0. The summed E-state index contributed by atoms with van der Waals surface area (Å²) >= 11 is 0. The van der Waals surface area contributed by atoms with Crippen molar-refractivity contribution < 1.29 is 28.6 Å². The Kier molecular flexibility index (Phi) is 57.2. The molecule has 0 N–H and O–H groups in total. The summed E-state index contributed by atoms with van der Waals surface area (Å²) in [6.45, 7) is 6.65. The van der Waals surface area contributed by atoms with E-state index < -0.39 is 6.10 Å². The van der Waals surface area contributed by atoms with Gasteiger partial charge in [-0.15, -0.1) is 0 Å². The Hall–Kier alpha value is -2.37. The standard InChI is InChI=1S/C64H118O6/c1-4-7-10-13-16-19-22-25-28-30-31-32-33-34-37-39-42-45-48-51-54-57-63(66)69-60-61(59-68-62(65)56-53-50-47-44-41-38-35-27-24-21-18-15-12-9-6-3)70-64(67)58-55-52-49-46-43-40-36-29-26-23-20-17-14-11-8-5-2/h18,21,27,29,35-36,61H,4-17,19-20,22-26,28,30-34,37-60H2,1-3H3/b21-18-,35-27-,36-29-. The molecule has 0 radical (unpaired) electrons. The molecule has 6 nitrogen and oxygen atoms in total. The summed E-state index contributed by atoms with van der Waals surface area (Å²) < 4.78 is 16.9. The smallest absolute Gasteiger partial charge is 0.306 e. The summed E-state index contributed by atoms with van der Waals surface area (Å²) in [5.41, 5.74) is 0. The van der Waals surface area contributed by atoms with Crippen LogP contribution in [0.5, 0.6) is 0 Å². The fourth-order valence-electron chi connectivity index (χ4n) is 9.18. The van der Waals surface area contributed by atoms with Crippen LogP contribution in [0, 0.1) is 0 Å². The molecule has 0 aromatic heterocycles. The van der Waals surface area contributed by atoms with Crippen LogP contribution in [0.3, 0.4) is 0 Å². The number of unbranched alkanes of at least 4 members (excludes halogenated alkanes) is 40. The molecule has 6 heteroatoms. The van der Waals surface area contributed by atoms with E-state index in [9.17, 15) is 14.4 Å². The first kappa shape index (κ1) is 67.6. The number of esters is 3. The number of hydrogen-bond acceptors (Lipinski definition) is 6. The minimum Gasteiger partial charge on any atom is -0.462 e. The van der Waals surface area contributed by atoms with E-state index in [1.807, 2.05) is 0 Å². The van der Waals surface area contributed by atoms with E-state index >= 15 is 0 Å². The highest BCUT2D eigenvalue weighted by Crippen LogP contribution is 2.17. The topological polar surface area (TPSA) is 78.9 Å². The van der Waals surface area contributed by atoms with E-state index in [1.165, 1.54) is 212 Å². The van der Waals surface area contributed by atoms with E-state index in [0.717, 1.165) is 83.5 Å². The Morgan fingerprint density at radius 1 is 0.286 bits per heavy atom. The Labute approximate surface area is 435 Å². The van der Waals surface area contributed by atoms with Crippen molar-refractivity contribution in [2.45, 2.75) is 341 Å². The SMILES string of the molecule is CCCCC/C=C\C/C=C\CCCCCCCC(=O)OCC(COC(=O)CCCCCCCCCCCCCCCCCCCCCCC)OC(=O)CCCCCCC/C=C\CCCCCCCCC. The van der Waals surface area contributed by atoms with Crippen LogP contribution in [-0.2, 0) is 28.6 Å². The van der Waals surface area contributed by atoms with Gasteiger partial charge in [0.05, 0.1) is 0 Å². The monoisotopic (exact) mass is 983 g/mol. The molecule has 0 bridgehead atoms. The lowest BCUT2D eigenvalue weighted by atomic mass is 10.0. The predicted octanol–water partition coefficient (Wildman–Crippen LogP) is 20.8. The average molecular weight is 984 g/mol. The summed E-state index contributed by atoms with van der Waals surface area (Å²) in [4.78, 5) is 38.2. The van der Waals surface area contributed by atoms with Crippen molar-refractivity contribution in [2.24, 2.45) is 0 Å². The van der Waals surface area contributed by atoms with Gasteiger partial charge in [-0.25, -0.2) is 0 Å². The molecular formula is C64H118O6. The van der Waals surface area contributed by atoms with E-state index in [0.29, 0.717) is 19.3 Å². The molecule has 70 heavy (non-hydrogen) atoms. The molecule has 0 rings (SSSR count). The second-order valence-corrected chi connectivity index (χ2v) is 21.0. The van der Waals surface area contributed by atoms with Crippen LogP contribution in [0.2, 0.25) is 0 Å². The zero-order chi connectivity index (χ0) is 50.7. The molecule has 410 valence electrons. The van der Waals surface area contributed by atoms with Gasteiger partial charge in [-0.3, -0.25) is 14.4 Å². The van der Waals surface area contributed by atoms with Crippen LogP contribution in [0.4, 0.5) is 0 Å². The van der Waals surface area contributed by atoms with Gasteiger partial charge < -0.3 is 14.2 Å². The highest BCUT2D eigenvalue weighted by molar-refractivity contribution is 5.71. The van der Waals surface area contributed by atoms with E-state index in [4.69, 9.17) is 14.2 Å². The number of carbonyl (C=O) groups is 3. The Balaban J connectivity index is 4.32. The van der Waals surface area contributed by atoms with E-state index in [1.54, 1.807) is 0 Å². The molecule has 0 aromatic carbocycles. The first-order valence-corrected chi connectivity index (χ1v) is 31.0. The zero-order valence-electron chi connectivity index (χ0n) is 47.1. The molecule has 0 aliphatic heterocycles. The van der Waals surface area contributed by atoms with Gasteiger partial charge in [0.25, 0.3) is 0 Å². The Morgan fingerprint density at radius 2 is 0.514 bits per heavy atom. The van der Waals surface area contributed by atoms with Gasteiger partial charge in [-0.1, -0.05) is 276 Å². The van der Waals surface area contributed by atoms with Crippen LogP contribution in [-0.4, -0.2) is 37.2 Å². The number of hydrogen-bond donors (Lipinski definition) is 0. The molecule has 0 aliphatic rings. The molecule has 0 saturated heterocycles. The summed E-state index contributed by atoms with van der Waals surface area (Å²) in [5.74, 6) is -0.878. The fourth-order valence-corrected chi connectivity index (χ4v) is 9.18. The lowest BCUT2D eigenvalue weighted by Gasteiger charge is -2.18. The Bertz CT molecular complexity index is 1170. The van der Waals surface area contributed by atoms with Crippen LogP contribution in [0.25, 0.3) is 0 Å². The molecule has 0 aromatic rings. The molecule has 0 saturated carbocycles. The summed E-state index contributed by atoms with van der Waals surface area (Å²) in [6.07, 6.45) is 71.4. The van der Waals surface area contributed by atoms with Gasteiger partial charge in [-0.2, -0.15) is 0 Å². The second kappa shape index (κ2) is 59.2. The molecule has 0 amide bonds. The van der Waals surface area contributed by atoms with Crippen molar-refractivity contribution in [3.05, 3.63) is 36.5 Å². The van der Waals surface area contributed by atoms with Gasteiger partial charge in [0.1, 0.15) is 13.2 Å². The maximum atomic E-state index is 12.9. The summed E-state index contributed by atoms with van der Waals surface area (Å²) in [5, 5.41) is 0. The molecule has 0 aliphatic carbocycles.